The van der Waals surface area contributed by atoms with E-state index >= 15 is 0 Å². The highest BCUT2D eigenvalue weighted by atomic mass is 35.5. The van der Waals surface area contributed by atoms with Crippen LogP contribution in [0.3, 0.4) is 0 Å². The molecule has 17 heavy (non-hydrogen) atoms. The first-order valence-electron chi connectivity index (χ1n) is 4.68. The van der Waals surface area contributed by atoms with Crippen molar-refractivity contribution < 1.29 is 18.3 Å². The minimum Gasteiger partial charge on any atom is -0.481 e. The monoisotopic (exact) mass is 277 g/mol. The van der Waals surface area contributed by atoms with Crippen molar-refractivity contribution in [3.05, 3.63) is 28.8 Å². The zero-order valence-electron chi connectivity index (χ0n) is 9.05. The summed E-state index contributed by atoms with van der Waals surface area (Å²) in [5, 5.41) is 8.82. The Bertz CT molecular complexity index is 541. The van der Waals surface area contributed by atoms with E-state index in [-0.39, 0.29) is 16.3 Å². The Hall–Kier alpha value is -1.11. The van der Waals surface area contributed by atoms with Crippen LogP contribution in [0.15, 0.2) is 23.1 Å². The standard InChI is InChI=1S/C10H12ClNO4S/c1-17(15,16)8-3-6(2-7(11)4-8)9(12)5-10(13)14/h2-4,9H,5,12H2,1H3,(H,13,14). The number of benzene rings is 1. The molecular weight excluding hydrogens is 266 g/mol. The summed E-state index contributed by atoms with van der Waals surface area (Å²) in [6.07, 6.45) is 0.759. The Balaban J connectivity index is 3.18. The Kier molecular flexibility index (Phi) is 4.13. The van der Waals surface area contributed by atoms with Crippen LogP contribution in [0.25, 0.3) is 0 Å². The number of aliphatic carboxylic acids is 1. The van der Waals surface area contributed by atoms with E-state index in [1.54, 1.807) is 0 Å². The Morgan fingerprint density at radius 1 is 1.47 bits per heavy atom. The minimum absolute atomic E-state index is 0.0286. The van der Waals surface area contributed by atoms with E-state index in [0.29, 0.717) is 5.56 Å². The highest BCUT2D eigenvalue weighted by molar-refractivity contribution is 7.90. The van der Waals surface area contributed by atoms with Crippen molar-refractivity contribution in [2.24, 2.45) is 5.73 Å². The van der Waals surface area contributed by atoms with Gasteiger partial charge in [-0.05, 0) is 23.8 Å². The lowest BCUT2D eigenvalue weighted by Gasteiger charge is -2.11. The lowest BCUT2D eigenvalue weighted by molar-refractivity contribution is -0.137. The lowest BCUT2D eigenvalue weighted by Crippen LogP contribution is -2.15. The van der Waals surface area contributed by atoms with Gasteiger partial charge < -0.3 is 10.8 Å². The average molecular weight is 278 g/mol. The third kappa shape index (κ3) is 3.99. The van der Waals surface area contributed by atoms with E-state index in [2.05, 4.69) is 0 Å². The lowest BCUT2D eigenvalue weighted by atomic mass is 10.1. The molecule has 3 N–H and O–H groups in total. The maximum atomic E-state index is 11.4. The first kappa shape index (κ1) is 14.0. The Morgan fingerprint density at radius 3 is 2.53 bits per heavy atom. The molecule has 0 aromatic heterocycles. The number of sulfone groups is 1. The molecule has 0 fully saturated rings. The number of carbonyl (C=O) groups is 1. The molecule has 0 saturated carbocycles. The van der Waals surface area contributed by atoms with E-state index in [9.17, 15) is 13.2 Å². The van der Waals surface area contributed by atoms with E-state index in [4.69, 9.17) is 22.4 Å². The molecule has 94 valence electrons. The van der Waals surface area contributed by atoms with E-state index in [1.165, 1.54) is 18.2 Å². The van der Waals surface area contributed by atoms with Crippen LogP contribution in [0.1, 0.15) is 18.0 Å². The molecule has 0 aliphatic carbocycles. The van der Waals surface area contributed by atoms with Gasteiger partial charge in [0, 0.05) is 17.3 Å². The third-order valence-electron chi connectivity index (χ3n) is 2.14. The summed E-state index contributed by atoms with van der Waals surface area (Å²) in [7, 11) is -3.40. The maximum Gasteiger partial charge on any atom is 0.305 e. The molecule has 0 saturated heterocycles. The van der Waals surface area contributed by atoms with E-state index in [1.807, 2.05) is 0 Å². The fourth-order valence-electron chi connectivity index (χ4n) is 1.32. The molecule has 1 aromatic rings. The summed E-state index contributed by atoms with van der Waals surface area (Å²) >= 11 is 5.77. The summed E-state index contributed by atoms with van der Waals surface area (Å²) in [5.41, 5.74) is 6.03. The van der Waals surface area contributed by atoms with E-state index in [0.717, 1.165) is 6.26 Å². The van der Waals surface area contributed by atoms with Crippen molar-refractivity contribution in [3.8, 4) is 0 Å². The molecule has 0 aliphatic heterocycles. The van der Waals surface area contributed by atoms with Crippen molar-refractivity contribution in [2.45, 2.75) is 17.4 Å². The zero-order chi connectivity index (χ0) is 13.2. The SMILES string of the molecule is CS(=O)(=O)c1cc(Cl)cc(C(N)CC(=O)O)c1. The number of halogens is 1. The fourth-order valence-corrected chi connectivity index (χ4v) is 2.32. The summed E-state index contributed by atoms with van der Waals surface area (Å²) in [4.78, 5) is 10.5. The van der Waals surface area contributed by atoms with Gasteiger partial charge in [0.2, 0.25) is 0 Å². The molecule has 0 spiro atoms. The zero-order valence-corrected chi connectivity index (χ0v) is 10.6. The molecule has 1 atom stereocenters. The normalized spacial score (nSPS) is 13.4. The van der Waals surface area contributed by atoms with E-state index < -0.39 is 21.8 Å². The van der Waals surface area contributed by atoms with Crippen LogP contribution in [0.2, 0.25) is 5.02 Å². The van der Waals surface area contributed by atoms with Gasteiger partial charge in [0.15, 0.2) is 9.84 Å². The van der Waals surface area contributed by atoms with Crippen molar-refractivity contribution in [3.63, 3.8) is 0 Å². The fraction of sp³-hybridized carbons (Fsp3) is 0.300. The first-order valence-corrected chi connectivity index (χ1v) is 6.95. The van der Waals surface area contributed by atoms with Gasteiger partial charge in [0.1, 0.15) is 0 Å². The van der Waals surface area contributed by atoms with Crippen LogP contribution >= 0.6 is 11.6 Å². The van der Waals surface area contributed by atoms with Gasteiger partial charge in [-0.1, -0.05) is 11.6 Å². The molecule has 0 radical (unpaired) electrons. The van der Waals surface area contributed by atoms with Crippen LogP contribution in [0.4, 0.5) is 0 Å². The molecule has 0 bridgehead atoms. The molecule has 1 aromatic carbocycles. The quantitative estimate of drug-likeness (QED) is 0.862. The average Bonchev–Trinajstić information content (AvgIpc) is 2.14. The number of hydrogen-bond acceptors (Lipinski definition) is 4. The van der Waals surface area contributed by atoms with Gasteiger partial charge in [-0.2, -0.15) is 0 Å². The molecule has 1 unspecified atom stereocenters. The van der Waals surface area contributed by atoms with Gasteiger partial charge in [-0.3, -0.25) is 4.79 Å². The number of hydrogen-bond donors (Lipinski definition) is 2. The smallest absolute Gasteiger partial charge is 0.305 e. The predicted molar refractivity (Wildman–Crippen MR) is 63.7 cm³/mol. The number of carboxylic acids is 1. The number of nitrogens with two attached hydrogens (primary N) is 1. The van der Waals surface area contributed by atoms with Crippen molar-refractivity contribution in [1.29, 1.82) is 0 Å². The van der Waals surface area contributed by atoms with Gasteiger partial charge in [-0.15, -0.1) is 0 Å². The van der Waals surface area contributed by atoms with Gasteiger partial charge in [-0.25, -0.2) is 8.42 Å². The summed E-state index contributed by atoms with van der Waals surface area (Å²) in [6, 6.07) is 3.32. The third-order valence-corrected chi connectivity index (χ3v) is 3.45. The predicted octanol–water partition coefficient (Wildman–Crippen LogP) is 1.22. The molecular formula is C10H12ClNO4S. The van der Waals surface area contributed by atoms with Crippen molar-refractivity contribution in [1.82, 2.24) is 0 Å². The van der Waals surface area contributed by atoms with Crippen LogP contribution in [0, 0.1) is 0 Å². The van der Waals surface area contributed by atoms with Crippen LogP contribution < -0.4 is 5.73 Å². The van der Waals surface area contributed by atoms with Gasteiger partial charge in [0.25, 0.3) is 0 Å². The molecule has 0 amide bonds. The summed E-state index contributed by atoms with van der Waals surface area (Å²) < 4.78 is 22.7. The van der Waals surface area contributed by atoms with Crippen LogP contribution in [-0.2, 0) is 14.6 Å². The highest BCUT2D eigenvalue weighted by Crippen LogP contribution is 2.23. The minimum atomic E-state index is -3.40. The molecule has 0 heterocycles. The second-order valence-corrected chi connectivity index (χ2v) is 6.15. The number of rotatable bonds is 4. The van der Waals surface area contributed by atoms with Crippen molar-refractivity contribution >= 4 is 27.4 Å². The molecule has 1 rings (SSSR count). The topological polar surface area (TPSA) is 97.5 Å². The second-order valence-electron chi connectivity index (χ2n) is 3.70. The second kappa shape index (κ2) is 5.03. The van der Waals surface area contributed by atoms with Crippen molar-refractivity contribution in [2.75, 3.05) is 6.26 Å². The maximum absolute atomic E-state index is 11.4. The summed E-state index contributed by atoms with van der Waals surface area (Å²) in [5.74, 6) is -1.06. The molecule has 7 heteroatoms. The molecule has 5 nitrogen and oxygen atoms in total. The van der Waals surface area contributed by atoms with Gasteiger partial charge in [0.05, 0.1) is 11.3 Å². The summed E-state index contributed by atoms with van der Waals surface area (Å²) in [6.45, 7) is 0. The Morgan fingerprint density at radius 2 is 2.06 bits per heavy atom. The number of carboxylic acid groups (broad SMARTS) is 1. The van der Waals surface area contributed by atoms with Crippen LogP contribution in [-0.4, -0.2) is 25.7 Å². The first-order chi connectivity index (χ1) is 7.70. The molecule has 0 aliphatic rings. The highest BCUT2D eigenvalue weighted by Gasteiger charge is 2.15. The Labute approximate surface area is 104 Å². The van der Waals surface area contributed by atoms with Crippen LogP contribution in [0.5, 0.6) is 0 Å². The van der Waals surface area contributed by atoms with Gasteiger partial charge >= 0.3 is 5.97 Å². The largest absolute Gasteiger partial charge is 0.481 e.